The molecule has 2 N–H and O–H groups in total. The number of rotatable bonds is 6. The molecule has 0 spiro atoms. The number of carbonyl (C=O) groups is 1. The smallest absolute Gasteiger partial charge is 0.269 e. The lowest BCUT2D eigenvalue weighted by Gasteiger charge is -2.19. The Hall–Kier alpha value is -2.11. The molecule has 128 valence electrons. The van der Waals surface area contributed by atoms with E-state index >= 15 is 0 Å². The van der Waals surface area contributed by atoms with Crippen LogP contribution in [0.5, 0.6) is 0 Å². The Morgan fingerprint density at radius 3 is 2.79 bits per heavy atom. The van der Waals surface area contributed by atoms with Gasteiger partial charge in [-0.3, -0.25) is 4.79 Å². The van der Waals surface area contributed by atoms with E-state index in [0.717, 1.165) is 31.8 Å². The number of aromatic amines is 1. The number of benzene rings is 1. The number of carbonyl (C=O) groups excluding carboxylic acids is 1. The molecule has 1 aliphatic rings. The van der Waals surface area contributed by atoms with E-state index in [9.17, 15) is 4.79 Å². The highest BCUT2D eigenvalue weighted by Crippen LogP contribution is 2.33. The van der Waals surface area contributed by atoms with Gasteiger partial charge in [-0.05, 0) is 24.1 Å². The summed E-state index contributed by atoms with van der Waals surface area (Å²) >= 11 is 0. The Balaban J connectivity index is 1.52. The lowest BCUT2D eigenvalue weighted by molar-refractivity contribution is 0.0822. The van der Waals surface area contributed by atoms with Crippen molar-refractivity contribution >= 4 is 5.91 Å². The Kier molecular flexibility index (Phi) is 5.33. The summed E-state index contributed by atoms with van der Waals surface area (Å²) in [6, 6.07) is 14.2. The van der Waals surface area contributed by atoms with Crippen LogP contribution in [0.1, 0.15) is 34.3 Å². The molecule has 5 nitrogen and oxygen atoms in total. The summed E-state index contributed by atoms with van der Waals surface area (Å²) in [5.41, 5.74) is 2.90. The molecule has 0 unspecified atom stereocenters. The van der Waals surface area contributed by atoms with Crippen molar-refractivity contribution in [3.05, 3.63) is 59.4 Å². The van der Waals surface area contributed by atoms with Gasteiger partial charge >= 0.3 is 0 Å². The van der Waals surface area contributed by atoms with Crippen molar-refractivity contribution in [2.45, 2.75) is 19.1 Å². The highest BCUT2D eigenvalue weighted by molar-refractivity contribution is 5.92. The van der Waals surface area contributed by atoms with Gasteiger partial charge in [0, 0.05) is 45.4 Å². The predicted molar refractivity (Wildman–Crippen MR) is 93.8 cm³/mol. The number of aromatic nitrogens is 1. The summed E-state index contributed by atoms with van der Waals surface area (Å²) in [4.78, 5) is 16.6. The molecule has 0 saturated carbocycles. The quantitative estimate of drug-likeness (QED) is 0.857. The van der Waals surface area contributed by atoms with E-state index in [-0.39, 0.29) is 12.0 Å². The van der Waals surface area contributed by atoms with Crippen LogP contribution in [0.25, 0.3) is 0 Å². The van der Waals surface area contributed by atoms with Crippen LogP contribution in [0.3, 0.4) is 0 Å². The van der Waals surface area contributed by atoms with Crippen molar-refractivity contribution in [2.24, 2.45) is 5.92 Å². The first-order chi connectivity index (χ1) is 11.6. The molecule has 0 bridgehead atoms. The van der Waals surface area contributed by atoms with Gasteiger partial charge in [0.25, 0.3) is 5.91 Å². The van der Waals surface area contributed by atoms with Crippen molar-refractivity contribution in [3.63, 3.8) is 0 Å². The fraction of sp³-hybridized carbons (Fsp3) is 0.421. The van der Waals surface area contributed by atoms with E-state index < -0.39 is 0 Å². The first-order valence-electron chi connectivity index (χ1n) is 8.42. The average molecular weight is 327 g/mol. The van der Waals surface area contributed by atoms with E-state index in [0.29, 0.717) is 11.6 Å². The van der Waals surface area contributed by atoms with Gasteiger partial charge in [-0.2, -0.15) is 0 Å². The third kappa shape index (κ3) is 3.86. The van der Waals surface area contributed by atoms with Gasteiger partial charge < -0.3 is 19.9 Å². The number of hydrogen-bond donors (Lipinski definition) is 2. The molecule has 5 heteroatoms. The molecular weight excluding hydrogens is 302 g/mol. The first-order valence-corrected chi connectivity index (χ1v) is 8.42. The Bertz CT molecular complexity index is 666. The molecule has 0 radical (unpaired) electrons. The molecule has 1 aromatic carbocycles. The van der Waals surface area contributed by atoms with E-state index in [4.69, 9.17) is 4.74 Å². The number of amides is 1. The summed E-state index contributed by atoms with van der Waals surface area (Å²) in [5, 5.41) is 3.49. The predicted octanol–water partition coefficient (Wildman–Crippen LogP) is 2.58. The van der Waals surface area contributed by atoms with E-state index in [1.807, 2.05) is 18.2 Å². The van der Waals surface area contributed by atoms with E-state index in [1.165, 1.54) is 5.56 Å². The normalized spacial score (nSPS) is 20.2. The fourth-order valence-electron chi connectivity index (χ4n) is 3.16. The zero-order valence-electron chi connectivity index (χ0n) is 14.3. The van der Waals surface area contributed by atoms with Gasteiger partial charge in [0.15, 0.2) is 0 Å². The largest absolute Gasteiger partial charge is 0.373 e. The maximum atomic E-state index is 11.9. The molecule has 2 atom stereocenters. The van der Waals surface area contributed by atoms with Crippen molar-refractivity contribution in [1.29, 1.82) is 0 Å². The molecule has 0 aliphatic carbocycles. The molecule has 3 rings (SSSR count). The SMILES string of the molecule is CN(C)C(=O)c1ccc(CNC[C@H]2CCO[C@@H]2c2ccccc2)[nH]1. The van der Waals surface area contributed by atoms with Crippen LogP contribution in [-0.4, -0.2) is 43.0 Å². The minimum absolute atomic E-state index is 0.00501. The second-order valence-electron chi connectivity index (χ2n) is 6.48. The van der Waals surface area contributed by atoms with Crippen molar-refractivity contribution in [3.8, 4) is 0 Å². The van der Waals surface area contributed by atoms with Crippen molar-refractivity contribution in [2.75, 3.05) is 27.2 Å². The summed E-state index contributed by atoms with van der Waals surface area (Å²) in [7, 11) is 3.51. The molecule has 1 aromatic heterocycles. The van der Waals surface area contributed by atoms with Crippen LogP contribution in [0.15, 0.2) is 42.5 Å². The van der Waals surface area contributed by atoms with E-state index in [2.05, 4.69) is 34.6 Å². The monoisotopic (exact) mass is 327 g/mol. The molecule has 1 aliphatic heterocycles. The third-order valence-electron chi connectivity index (χ3n) is 4.45. The lowest BCUT2D eigenvalue weighted by Crippen LogP contribution is -2.25. The van der Waals surface area contributed by atoms with Crippen LogP contribution in [-0.2, 0) is 11.3 Å². The van der Waals surface area contributed by atoms with Gasteiger partial charge in [0.05, 0.1) is 6.10 Å². The maximum absolute atomic E-state index is 11.9. The van der Waals surface area contributed by atoms with Gasteiger partial charge in [-0.1, -0.05) is 30.3 Å². The van der Waals surface area contributed by atoms with E-state index in [1.54, 1.807) is 19.0 Å². The molecule has 1 fully saturated rings. The molecule has 2 aromatic rings. The summed E-state index contributed by atoms with van der Waals surface area (Å²) in [6.07, 6.45) is 1.25. The second-order valence-corrected chi connectivity index (χ2v) is 6.48. The standard InChI is InChI=1S/C19H25N3O2/c1-22(2)19(23)17-9-8-16(21-17)13-20-12-15-10-11-24-18(15)14-6-4-3-5-7-14/h3-9,15,18,20-21H,10-13H2,1-2H3/t15-,18-/m1/s1. The Morgan fingerprint density at radius 2 is 2.04 bits per heavy atom. The lowest BCUT2D eigenvalue weighted by atomic mass is 9.95. The molecule has 2 heterocycles. The van der Waals surface area contributed by atoms with Gasteiger partial charge in [-0.25, -0.2) is 0 Å². The third-order valence-corrected chi connectivity index (χ3v) is 4.45. The highest BCUT2D eigenvalue weighted by Gasteiger charge is 2.29. The maximum Gasteiger partial charge on any atom is 0.269 e. The second kappa shape index (κ2) is 7.64. The zero-order chi connectivity index (χ0) is 16.9. The number of hydrogen-bond acceptors (Lipinski definition) is 3. The van der Waals surface area contributed by atoms with Crippen LogP contribution in [0, 0.1) is 5.92 Å². The van der Waals surface area contributed by atoms with Crippen LogP contribution >= 0.6 is 0 Å². The van der Waals surface area contributed by atoms with Crippen molar-refractivity contribution < 1.29 is 9.53 Å². The number of ether oxygens (including phenoxy) is 1. The highest BCUT2D eigenvalue weighted by atomic mass is 16.5. The number of H-pyrrole nitrogens is 1. The number of nitrogens with one attached hydrogen (secondary N) is 2. The fourth-order valence-corrected chi connectivity index (χ4v) is 3.16. The topological polar surface area (TPSA) is 57.4 Å². The minimum Gasteiger partial charge on any atom is -0.373 e. The van der Waals surface area contributed by atoms with Gasteiger partial charge in [0.2, 0.25) is 0 Å². The number of nitrogens with zero attached hydrogens (tertiary/aromatic N) is 1. The van der Waals surface area contributed by atoms with Crippen LogP contribution in [0.4, 0.5) is 0 Å². The van der Waals surface area contributed by atoms with Gasteiger partial charge in [-0.15, -0.1) is 0 Å². The van der Waals surface area contributed by atoms with Crippen LogP contribution in [0.2, 0.25) is 0 Å². The summed E-state index contributed by atoms with van der Waals surface area (Å²) in [5.74, 6) is 0.472. The minimum atomic E-state index is -0.00501. The first kappa shape index (κ1) is 16.7. The molecule has 1 amide bonds. The summed E-state index contributed by atoms with van der Waals surface area (Å²) < 4.78 is 5.92. The van der Waals surface area contributed by atoms with Crippen molar-refractivity contribution in [1.82, 2.24) is 15.2 Å². The Morgan fingerprint density at radius 1 is 1.25 bits per heavy atom. The van der Waals surface area contributed by atoms with Crippen LogP contribution < -0.4 is 5.32 Å². The van der Waals surface area contributed by atoms with Gasteiger partial charge in [0.1, 0.15) is 5.69 Å². The average Bonchev–Trinajstić information content (AvgIpc) is 3.24. The molecule has 24 heavy (non-hydrogen) atoms. The Labute approximate surface area is 143 Å². The molecule has 1 saturated heterocycles. The summed E-state index contributed by atoms with van der Waals surface area (Å²) in [6.45, 7) is 2.43. The molecular formula is C19H25N3O2. The zero-order valence-corrected chi connectivity index (χ0v) is 14.3.